The first kappa shape index (κ1) is 13.2. The molecule has 0 bridgehead atoms. The average molecular weight is 261 g/mol. The molecule has 1 unspecified atom stereocenters. The topological polar surface area (TPSA) is 43.8 Å². The summed E-state index contributed by atoms with van der Waals surface area (Å²) in [6.45, 7) is 7.09. The van der Waals surface area contributed by atoms with Crippen LogP contribution in [-0.4, -0.2) is 9.55 Å². The van der Waals surface area contributed by atoms with Crippen molar-refractivity contribution in [1.29, 1.82) is 0 Å². The fourth-order valence-electron chi connectivity index (χ4n) is 1.85. The normalized spacial score (nSPS) is 12.7. The minimum absolute atomic E-state index is 0.0183. The molecule has 0 amide bonds. The van der Waals surface area contributed by atoms with Crippen LogP contribution in [0.5, 0.6) is 0 Å². The van der Waals surface area contributed by atoms with E-state index in [9.17, 15) is 0 Å². The quantitative estimate of drug-likeness (QED) is 0.917. The molecule has 0 aliphatic rings. The van der Waals surface area contributed by atoms with Crippen LogP contribution in [0.3, 0.4) is 0 Å². The lowest BCUT2D eigenvalue weighted by Gasteiger charge is -2.11. The predicted octanol–water partition coefficient (Wildman–Crippen LogP) is 3.38. The van der Waals surface area contributed by atoms with Gasteiger partial charge in [-0.2, -0.15) is 0 Å². The van der Waals surface area contributed by atoms with E-state index in [2.05, 4.69) is 47.7 Å². The highest BCUT2D eigenvalue weighted by Gasteiger charge is 2.12. The molecule has 18 heavy (non-hydrogen) atoms. The number of benzene rings is 1. The lowest BCUT2D eigenvalue weighted by atomic mass is 10.2. The Morgan fingerprint density at radius 3 is 2.56 bits per heavy atom. The van der Waals surface area contributed by atoms with Gasteiger partial charge in [-0.05, 0) is 32.9 Å². The molecule has 1 aromatic heterocycles. The molecule has 0 aliphatic heterocycles. The monoisotopic (exact) mass is 261 g/mol. The van der Waals surface area contributed by atoms with Crippen molar-refractivity contribution in [1.82, 2.24) is 9.55 Å². The second kappa shape index (κ2) is 5.59. The molecule has 0 radical (unpaired) electrons. The van der Waals surface area contributed by atoms with E-state index in [0.717, 1.165) is 17.4 Å². The van der Waals surface area contributed by atoms with E-state index in [0.29, 0.717) is 0 Å². The Bertz CT molecular complexity index is 514. The van der Waals surface area contributed by atoms with E-state index in [4.69, 9.17) is 5.73 Å². The van der Waals surface area contributed by atoms with Crippen molar-refractivity contribution in [2.45, 2.75) is 43.4 Å². The van der Waals surface area contributed by atoms with Crippen LogP contribution in [0.15, 0.2) is 40.5 Å². The molecule has 2 aromatic rings. The van der Waals surface area contributed by atoms with E-state index in [1.165, 1.54) is 10.5 Å². The van der Waals surface area contributed by atoms with Gasteiger partial charge in [-0.3, -0.25) is 0 Å². The van der Waals surface area contributed by atoms with Crippen molar-refractivity contribution in [3.05, 3.63) is 41.7 Å². The third kappa shape index (κ3) is 2.76. The van der Waals surface area contributed by atoms with Gasteiger partial charge in [-0.1, -0.05) is 29.5 Å². The zero-order valence-corrected chi connectivity index (χ0v) is 11.9. The molecule has 3 nitrogen and oxygen atoms in total. The third-order valence-electron chi connectivity index (χ3n) is 2.86. The first-order valence-electron chi connectivity index (χ1n) is 6.17. The Balaban J connectivity index is 2.26. The predicted molar refractivity (Wildman–Crippen MR) is 75.8 cm³/mol. The summed E-state index contributed by atoms with van der Waals surface area (Å²) in [7, 11) is 0. The van der Waals surface area contributed by atoms with Crippen LogP contribution in [-0.2, 0) is 6.54 Å². The molecular weight excluding hydrogens is 242 g/mol. The summed E-state index contributed by atoms with van der Waals surface area (Å²) in [6.07, 6.45) is 1.88. The van der Waals surface area contributed by atoms with Gasteiger partial charge >= 0.3 is 0 Å². The van der Waals surface area contributed by atoms with Crippen molar-refractivity contribution in [3.63, 3.8) is 0 Å². The molecular formula is C14H19N3S. The van der Waals surface area contributed by atoms with Crippen molar-refractivity contribution >= 4 is 11.8 Å². The van der Waals surface area contributed by atoms with Crippen LogP contribution in [0.4, 0.5) is 0 Å². The van der Waals surface area contributed by atoms with Gasteiger partial charge in [0.1, 0.15) is 0 Å². The molecule has 0 saturated carbocycles. The lowest BCUT2D eigenvalue weighted by molar-refractivity contribution is 0.610. The van der Waals surface area contributed by atoms with Crippen molar-refractivity contribution < 1.29 is 0 Å². The van der Waals surface area contributed by atoms with Gasteiger partial charge < -0.3 is 10.3 Å². The second-order valence-corrected chi connectivity index (χ2v) is 5.45. The lowest BCUT2D eigenvalue weighted by Crippen LogP contribution is -2.12. The summed E-state index contributed by atoms with van der Waals surface area (Å²) in [5.41, 5.74) is 8.31. The zero-order chi connectivity index (χ0) is 13.1. The molecule has 1 aromatic carbocycles. The van der Waals surface area contributed by atoms with E-state index < -0.39 is 0 Å². The van der Waals surface area contributed by atoms with E-state index >= 15 is 0 Å². The largest absolute Gasteiger partial charge is 0.323 e. The van der Waals surface area contributed by atoms with Gasteiger partial charge in [0.15, 0.2) is 5.16 Å². The smallest absolute Gasteiger partial charge is 0.173 e. The van der Waals surface area contributed by atoms with E-state index in [1.54, 1.807) is 11.8 Å². The Morgan fingerprint density at radius 1 is 1.33 bits per heavy atom. The summed E-state index contributed by atoms with van der Waals surface area (Å²) in [5, 5.41) is 1.01. The summed E-state index contributed by atoms with van der Waals surface area (Å²) in [4.78, 5) is 5.68. The van der Waals surface area contributed by atoms with Crippen LogP contribution in [0, 0.1) is 6.92 Å². The molecule has 2 rings (SSSR count). The van der Waals surface area contributed by atoms with Gasteiger partial charge in [-0.25, -0.2) is 4.98 Å². The Labute approximate surface area is 112 Å². The van der Waals surface area contributed by atoms with Gasteiger partial charge in [0.05, 0.1) is 11.9 Å². The Morgan fingerprint density at radius 2 is 2.00 bits per heavy atom. The number of hydrogen-bond donors (Lipinski definition) is 1. The maximum absolute atomic E-state index is 5.95. The molecule has 0 spiro atoms. The molecule has 4 heteroatoms. The summed E-state index contributed by atoms with van der Waals surface area (Å²) < 4.78 is 2.18. The maximum atomic E-state index is 5.95. The van der Waals surface area contributed by atoms with Crippen LogP contribution >= 0.6 is 11.8 Å². The number of imidazole rings is 1. The molecule has 0 saturated heterocycles. The molecule has 1 atom stereocenters. The Hall–Kier alpha value is -1.26. The number of hydrogen-bond acceptors (Lipinski definition) is 3. The number of rotatable bonds is 4. The SMILES string of the molecule is CCn1c(C(C)N)cnc1Sc1ccc(C)cc1. The molecule has 0 fully saturated rings. The van der Waals surface area contributed by atoms with Gasteiger partial charge in [0, 0.05) is 17.5 Å². The number of aryl methyl sites for hydroxylation is 1. The summed E-state index contributed by atoms with van der Waals surface area (Å²) >= 11 is 1.68. The maximum Gasteiger partial charge on any atom is 0.173 e. The van der Waals surface area contributed by atoms with Gasteiger partial charge in [0.25, 0.3) is 0 Å². The summed E-state index contributed by atoms with van der Waals surface area (Å²) in [6, 6.07) is 8.51. The summed E-state index contributed by atoms with van der Waals surface area (Å²) in [5.74, 6) is 0. The zero-order valence-electron chi connectivity index (χ0n) is 11.1. The van der Waals surface area contributed by atoms with Crippen molar-refractivity contribution in [2.24, 2.45) is 5.73 Å². The molecule has 96 valence electrons. The van der Waals surface area contributed by atoms with Gasteiger partial charge in [-0.15, -0.1) is 0 Å². The first-order valence-corrected chi connectivity index (χ1v) is 6.99. The Kier molecular flexibility index (Phi) is 4.09. The van der Waals surface area contributed by atoms with Crippen LogP contribution in [0.2, 0.25) is 0 Å². The minimum atomic E-state index is 0.0183. The van der Waals surface area contributed by atoms with Gasteiger partial charge in [0.2, 0.25) is 0 Å². The van der Waals surface area contributed by atoms with E-state index in [1.807, 2.05) is 13.1 Å². The minimum Gasteiger partial charge on any atom is -0.323 e. The number of nitrogens with zero attached hydrogens (tertiary/aromatic N) is 2. The highest BCUT2D eigenvalue weighted by atomic mass is 32.2. The third-order valence-corrected chi connectivity index (χ3v) is 3.88. The number of nitrogens with two attached hydrogens (primary N) is 1. The van der Waals surface area contributed by atoms with Crippen LogP contribution < -0.4 is 5.73 Å². The average Bonchev–Trinajstić information content (AvgIpc) is 2.75. The highest BCUT2D eigenvalue weighted by Crippen LogP contribution is 2.28. The highest BCUT2D eigenvalue weighted by molar-refractivity contribution is 7.99. The molecule has 0 aliphatic carbocycles. The van der Waals surface area contributed by atoms with E-state index in [-0.39, 0.29) is 6.04 Å². The van der Waals surface area contributed by atoms with Crippen LogP contribution in [0.1, 0.15) is 31.1 Å². The van der Waals surface area contributed by atoms with Crippen LogP contribution in [0.25, 0.3) is 0 Å². The fraction of sp³-hybridized carbons (Fsp3) is 0.357. The second-order valence-electron chi connectivity index (χ2n) is 4.41. The first-order chi connectivity index (χ1) is 8.61. The standard InChI is InChI=1S/C14H19N3S/c1-4-17-13(11(3)15)9-16-14(17)18-12-7-5-10(2)6-8-12/h5-9,11H,4,15H2,1-3H3. The molecule has 1 heterocycles. The number of aromatic nitrogens is 2. The van der Waals surface area contributed by atoms with Crippen molar-refractivity contribution in [3.8, 4) is 0 Å². The fourth-order valence-corrected chi connectivity index (χ4v) is 2.78. The molecule has 2 N–H and O–H groups in total. The van der Waals surface area contributed by atoms with Crippen molar-refractivity contribution in [2.75, 3.05) is 0 Å².